The van der Waals surface area contributed by atoms with Crippen molar-refractivity contribution < 1.29 is 4.79 Å². The van der Waals surface area contributed by atoms with E-state index in [1.54, 1.807) is 0 Å². The summed E-state index contributed by atoms with van der Waals surface area (Å²) in [5.41, 5.74) is 0.819. The number of nitrogens with zero attached hydrogens (tertiary/aromatic N) is 2. The van der Waals surface area contributed by atoms with E-state index in [4.69, 9.17) is 11.6 Å². The lowest BCUT2D eigenvalue weighted by Crippen LogP contribution is -2.40. The third-order valence-electron chi connectivity index (χ3n) is 4.36. The van der Waals surface area contributed by atoms with Gasteiger partial charge in [-0.05, 0) is 50.9 Å². The van der Waals surface area contributed by atoms with Gasteiger partial charge in [-0.3, -0.25) is 4.79 Å². The van der Waals surface area contributed by atoms with Crippen molar-refractivity contribution in [1.29, 1.82) is 0 Å². The SMILES string of the molecule is CCNCC1CCN(C(=O)c2sc(-c3ccc(Cl)s3)nc2C)CC1.Cl. The molecule has 138 valence electrons. The van der Waals surface area contributed by atoms with Gasteiger partial charge in [0.2, 0.25) is 0 Å². The highest BCUT2D eigenvalue weighted by atomic mass is 35.5. The molecule has 1 aliphatic rings. The molecule has 3 rings (SSSR count). The molecule has 0 radical (unpaired) electrons. The monoisotopic (exact) mass is 419 g/mol. The molecule has 0 saturated carbocycles. The lowest BCUT2D eigenvalue weighted by molar-refractivity contribution is 0.0694. The topological polar surface area (TPSA) is 45.2 Å². The molecule has 0 aromatic carbocycles. The molecular formula is C17H23Cl2N3OS2. The summed E-state index contributed by atoms with van der Waals surface area (Å²) in [5.74, 6) is 0.807. The predicted octanol–water partition coefficient (Wildman–Crippen LogP) is 4.72. The van der Waals surface area contributed by atoms with Crippen LogP contribution in [0.25, 0.3) is 9.88 Å². The molecule has 0 atom stereocenters. The molecule has 2 aromatic rings. The molecule has 1 saturated heterocycles. The van der Waals surface area contributed by atoms with E-state index in [-0.39, 0.29) is 18.3 Å². The predicted molar refractivity (Wildman–Crippen MR) is 110 cm³/mol. The van der Waals surface area contributed by atoms with Crippen LogP contribution in [-0.4, -0.2) is 42.0 Å². The summed E-state index contributed by atoms with van der Waals surface area (Å²) < 4.78 is 0.744. The molecule has 3 heterocycles. The van der Waals surface area contributed by atoms with Gasteiger partial charge in [-0.1, -0.05) is 18.5 Å². The Morgan fingerprint density at radius 2 is 2.08 bits per heavy atom. The van der Waals surface area contributed by atoms with Gasteiger partial charge in [0.05, 0.1) is 14.9 Å². The summed E-state index contributed by atoms with van der Waals surface area (Å²) in [5, 5.41) is 4.29. The highest BCUT2D eigenvalue weighted by molar-refractivity contribution is 7.24. The number of hydrogen-bond acceptors (Lipinski definition) is 5. The van der Waals surface area contributed by atoms with Gasteiger partial charge in [0.15, 0.2) is 0 Å². The number of carbonyl (C=O) groups is 1. The lowest BCUT2D eigenvalue weighted by Gasteiger charge is -2.31. The van der Waals surface area contributed by atoms with E-state index in [1.165, 1.54) is 22.7 Å². The standard InChI is InChI=1S/C17H22ClN3OS2.ClH/c1-3-19-10-12-6-8-21(9-7-12)17(22)15-11(2)20-16(24-15)13-4-5-14(18)23-13;/h4-5,12,19H,3,6-10H2,1-2H3;1H. The molecule has 4 nitrogen and oxygen atoms in total. The molecule has 1 aliphatic heterocycles. The van der Waals surface area contributed by atoms with Crippen LogP contribution >= 0.6 is 46.7 Å². The van der Waals surface area contributed by atoms with Crippen LogP contribution < -0.4 is 5.32 Å². The largest absolute Gasteiger partial charge is 0.338 e. The first kappa shape index (κ1) is 20.6. The van der Waals surface area contributed by atoms with E-state index < -0.39 is 0 Å². The summed E-state index contributed by atoms with van der Waals surface area (Å²) in [6.45, 7) is 7.79. The number of thiazole rings is 1. The first-order chi connectivity index (χ1) is 11.6. The maximum atomic E-state index is 12.8. The molecule has 1 N–H and O–H groups in total. The van der Waals surface area contributed by atoms with E-state index in [0.717, 1.165) is 63.8 Å². The van der Waals surface area contributed by atoms with Crippen molar-refractivity contribution in [3.05, 3.63) is 27.0 Å². The van der Waals surface area contributed by atoms with Crippen LogP contribution in [-0.2, 0) is 0 Å². The second-order valence-corrected chi connectivity index (χ2v) is 8.79. The molecule has 1 fully saturated rings. The third-order valence-corrected chi connectivity index (χ3v) is 6.91. The molecule has 0 spiro atoms. The van der Waals surface area contributed by atoms with E-state index in [2.05, 4.69) is 17.2 Å². The van der Waals surface area contributed by atoms with Crippen LogP contribution in [0.5, 0.6) is 0 Å². The van der Waals surface area contributed by atoms with Gasteiger partial charge in [-0.2, -0.15) is 0 Å². The molecule has 25 heavy (non-hydrogen) atoms. The van der Waals surface area contributed by atoms with Crippen molar-refractivity contribution in [3.8, 4) is 9.88 Å². The highest BCUT2D eigenvalue weighted by Crippen LogP contribution is 2.35. The van der Waals surface area contributed by atoms with Gasteiger partial charge < -0.3 is 10.2 Å². The second kappa shape index (κ2) is 9.33. The number of hydrogen-bond donors (Lipinski definition) is 1. The quantitative estimate of drug-likeness (QED) is 0.762. The Kier molecular flexibility index (Phi) is 7.70. The molecule has 0 unspecified atom stereocenters. The Labute approximate surface area is 168 Å². The van der Waals surface area contributed by atoms with Crippen LogP contribution in [0, 0.1) is 12.8 Å². The van der Waals surface area contributed by atoms with Gasteiger partial charge >= 0.3 is 0 Å². The number of piperidine rings is 1. The third kappa shape index (κ3) is 4.95. The van der Waals surface area contributed by atoms with Crippen molar-refractivity contribution in [3.63, 3.8) is 0 Å². The zero-order chi connectivity index (χ0) is 17.1. The van der Waals surface area contributed by atoms with Crippen LogP contribution in [0.2, 0.25) is 4.34 Å². The minimum absolute atomic E-state index is 0. The van der Waals surface area contributed by atoms with Crippen LogP contribution in [0.1, 0.15) is 35.1 Å². The van der Waals surface area contributed by atoms with E-state index >= 15 is 0 Å². The Morgan fingerprint density at radius 1 is 1.36 bits per heavy atom. The summed E-state index contributed by atoms with van der Waals surface area (Å²) in [6.07, 6.45) is 2.15. The number of nitrogens with one attached hydrogen (secondary N) is 1. The zero-order valence-corrected chi connectivity index (χ0v) is 17.6. The van der Waals surface area contributed by atoms with Gasteiger partial charge in [-0.15, -0.1) is 35.1 Å². The summed E-state index contributed by atoms with van der Waals surface area (Å²) in [7, 11) is 0. The maximum absolute atomic E-state index is 12.8. The fourth-order valence-electron chi connectivity index (χ4n) is 2.96. The Bertz CT molecular complexity index is 709. The maximum Gasteiger partial charge on any atom is 0.265 e. The number of amides is 1. The number of aryl methyl sites for hydroxylation is 1. The van der Waals surface area contributed by atoms with Crippen molar-refractivity contribution in [1.82, 2.24) is 15.2 Å². The number of rotatable bonds is 5. The molecule has 2 aromatic heterocycles. The average Bonchev–Trinajstić information content (AvgIpc) is 3.18. The zero-order valence-electron chi connectivity index (χ0n) is 14.4. The van der Waals surface area contributed by atoms with Crippen molar-refractivity contribution in [2.45, 2.75) is 26.7 Å². The lowest BCUT2D eigenvalue weighted by atomic mass is 9.96. The molecule has 8 heteroatoms. The molecule has 1 amide bonds. The van der Waals surface area contributed by atoms with E-state index in [0.29, 0.717) is 5.92 Å². The molecule has 0 aliphatic carbocycles. The fourth-order valence-corrected chi connectivity index (χ4v) is 5.09. The van der Waals surface area contributed by atoms with Gasteiger partial charge in [0.1, 0.15) is 9.88 Å². The number of thiophene rings is 1. The van der Waals surface area contributed by atoms with Crippen LogP contribution in [0.15, 0.2) is 12.1 Å². The minimum Gasteiger partial charge on any atom is -0.338 e. The Balaban J connectivity index is 0.00000225. The van der Waals surface area contributed by atoms with Crippen molar-refractivity contribution in [2.75, 3.05) is 26.2 Å². The molecular weight excluding hydrogens is 397 g/mol. The van der Waals surface area contributed by atoms with Gasteiger partial charge in [-0.25, -0.2) is 4.98 Å². The highest BCUT2D eigenvalue weighted by Gasteiger charge is 2.26. The molecule has 0 bridgehead atoms. The van der Waals surface area contributed by atoms with Crippen molar-refractivity contribution in [2.24, 2.45) is 5.92 Å². The van der Waals surface area contributed by atoms with E-state index in [1.807, 2.05) is 24.0 Å². The normalized spacial score (nSPS) is 15.2. The van der Waals surface area contributed by atoms with Crippen molar-refractivity contribution >= 4 is 52.6 Å². The Morgan fingerprint density at radius 3 is 2.68 bits per heavy atom. The van der Waals surface area contributed by atoms with E-state index in [9.17, 15) is 4.79 Å². The summed E-state index contributed by atoms with van der Waals surface area (Å²) in [4.78, 5) is 21.2. The van der Waals surface area contributed by atoms with Crippen LogP contribution in [0.3, 0.4) is 0 Å². The number of aromatic nitrogens is 1. The fraction of sp³-hybridized carbons (Fsp3) is 0.529. The Hall–Kier alpha value is -0.660. The number of halogens is 2. The van der Waals surface area contributed by atoms with Gasteiger partial charge in [0.25, 0.3) is 5.91 Å². The second-order valence-electron chi connectivity index (χ2n) is 6.08. The summed E-state index contributed by atoms with van der Waals surface area (Å²) >= 11 is 8.99. The number of carbonyl (C=O) groups excluding carboxylic acids is 1. The average molecular weight is 420 g/mol. The number of likely N-dealkylation sites (tertiary alicyclic amines) is 1. The first-order valence-electron chi connectivity index (χ1n) is 8.31. The minimum atomic E-state index is 0. The first-order valence-corrected chi connectivity index (χ1v) is 10.3. The smallest absolute Gasteiger partial charge is 0.265 e. The van der Waals surface area contributed by atoms with Crippen LogP contribution in [0.4, 0.5) is 0 Å². The van der Waals surface area contributed by atoms with Gasteiger partial charge in [0, 0.05) is 13.1 Å². The summed E-state index contributed by atoms with van der Waals surface area (Å²) in [6, 6.07) is 3.83.